The molecule has 0 saturated heterocycles. The lowest BCUT2D eigenvalue weighted by molar-refractivity contribution is -0.387. The van der Waals surface area contributed by atoms with Gasteiger partial charge in [0.2, 0.25) is 17.6 Å². The summed E-state index contributed by atoms with van der Waals surface area (Å²) in [6.45, 7) is 15.3. The number of aliphatic hydroxyl groups excluding tert-OH is 1. The fraction of sp³-hybridized carbons (Fsp3) is 0.459. The van der Waals surface area contributed by atoms with Crippen LogP contribution in [0.4, 0.5) is 10.1 Å². The van der Waals surface area contributed by atoms with Crippen molar-refractivity contribution in [3.05, 3.63) is 111 Å². The Labute approximate surface area is 290 Å². The number of nitrogens with zero attached hydrogens (tertiary/aromatic N) is 2. The highest BCUT2D eigenvalue weighted by Crippen LogP contribution is 2.37. The predicted molar refractivity (Wildman–Crippen MR) is 191 cm³/mol. The molecule has 0 aliphatic carbocycles. The van der Waals surface area contributed by atoms with E-state index >= 15 is 0 Å². The van der Waals surface area contributed by atoms with Crippen LogP contribution in [-0.4, -0.2) is 60.3 Å². The number of benzene rings is 3. The minimum atomic E-state index is -2.28. The summed E-state index contributed by atoms with van der Waals surface area (Å²) in [6, 6.07) is 21.2. The standard InChI is InChI=1S/C37H51FN4O6Si/c1-26(2)20-31(35(44)39-22-34(43)29-18-19-30(38)32(21-29)42(46)47)40-36(45)33(25-48-49(6,7)37(3,4)5)41(23-27-14-10-8-11-15-27)24-28-16-12-9-13-17-28/h8-19,21,26,31,33-34,43H,20,22-25H2,1-7H3,(H,39,44)(H,40,45)/t31-,33-,34?/m0/s1. The normalized spacial score (nSPS) is 13.9. The molecule has 0 aliphatic rings. The maximum Gasteiger partial charge on any atom is 0.305 e. The lowest BCUT2D eigenvalue weighted by Crippen LogP contribution is -2.56. The molecule has 12 heteroatoms. The van der Waals surface area contributed by atoms with E-state index in [1.807, 2.05) is 74.5 Å². The molecule has 2 amide bonds. The van der Waals surface area contributed by atoms with Gasteiger partial charge in [-0.3, -0.25) is 24.6 Å². The molecule has 0 spiro atoms. The number of hydrogen-bond acceptors (Lipinski definition) is 7. The first-order valence-electron chi connectivity index (χ1n) is 16.6. The molecule has 10 nitrogen and oxygen atoms in total. The molecule has 3 rings (SSSR count). The zero-order valence-electron chi connectivity index (χ0n) is 29.6. The summed E-state index contributed by atoms with van der Waals surface area (Å²) < 4.78 is 20.5. The van der Waals surface area contributed by atoms with E-state index in [1.54, 1.807) is 0 Å². The van der Waals surface area contributed by atoms with Crippen LogP contribution in [-0.2, 0) is 27.1 Å². The predicted octanol–water partition coefficient (Wildman–Crippen LogP) is 6.51. The zero-order chi connectivity index (χ0) is 36.4. The first-order valence-corrected chi connectivity index (χ1v) is 19.5. The van der Waals surface area contributed by atoms with E-state index < -0.39 is 48.8 Å². The Hall–Kier alpha value is -3.97. The van der Waals surface area contributed by atoms with Gasteiger partial charge in [-0.2, -0.15) is 4.39 Å². The Balaban J connectivity index is 1.89. The molecule has 266 valence electrons. The van der Waals surface area contributed by atoms with E-state index in [9.17, 15) is 29.2 Å². The van der Waals surface area contributed by atoms with Gasteiger partial charge in [0.05, 0.1) is 17.6 Å². The van der Waals surface area contributed by atoms with Gasteiger partial charge in [0.25, 0.3) is 0 Å². The highest BCUT2D eigenvalue weighted by atomic mass is 28.4. The molecule has 3 aromatic rings. The van der Waals surface area contributed by atoms with Crippen molar-refractivity contribution in [3.8, 4) is 0 Å². The van der Waals surface area contributed by atoms with Gasteiger partial charge in [0.1, 0.15) is 12.1 Å². The topological polar surface area (TPSA) is 134 Å². The molecule has 0 aliphatic heterocycles. The van der Waals surface area contributed by atoms with Gasteiger partial charge in [-0.1, -0.05) is 101 Å². The maximum atomic E-state index is 14.4. The van der Waals surface area contributed by atoms with Gasteiger partial charge in [-0.05, 0) is 53.2 Å². The van der Waals surface area contributed by atoms with Gasteiger partial charge in [-0.25, -0.2) is 0 Å². The fourth-order valence-electron chi connectivity index (χ4n) is 5.05. The van der Waals surface area contributed by atoms with Gasteiger partial charge in [-0.15, -0.1) is 0 Å². The molecular formula is C37H51FN4O6Si. The van der Waals surface area contributed by atoms with Crippen molar-refractivity contribution in [2.75, 3.05) is 13.2 Å². The molecule has 3 N–H and O–H groups in total. The number of carbonyl (C=O) groups is 2. The van der Waals surface area contributed by atoms with E-state index in [0.717, 1.165) is 23.3 Å². The summed E-state index contributed by atoms with van der Waals surface area (Å²) >= 11 is 0. The second-order valence-corrected chi connectivity index (χ2v) is 19.2. The van der Waals surface area contributed by atoms with Crippen LogP contribution in [0.15, 0.2) is 78.9 Å². The van der Waals surface area contributed by atoms with Crippen LogP contribution in [0.2, 0.25) is 18.1 Å². The van der Waals surface area contributed by atoms with E-state index in [0.29, 0.717) is 19.5 Å². The third kappa shape index (κ3) is 11.8. The quantitative estimate of drug-likeness (QED) is 0.0834. The number of carbonyl (C=O) groups excluding carboxylic acids is 2. The Morgan fingerprint density at radius 3 is 2.00 bits per heavy atom. The fourth-order valence-corrected chi connectivity index (χ4v) is 6.06. The first-order chi connectivity index (χ1) is 23.0. The summed E-state index contributed by atoms with van der Waals surface area (Å²) in [5.74, 6) is -1.86. The van der Waals surface area contributed by atoms with Crippen molar-refractivity contribution in [3.63, 3.8) is 0 Å². The van der Waals surface area contributed by atoms with Crippen LogP contribution in [0.1, 0.15) is 63.8 Å². The molecule has 0 bridgehead atoms. The number of rotatable bonds is 17. The molecular weight excluding hydrogens is 644 g/mol. The third-order valence-corrected chi connectivity index (χ3v) is 13.5. The molecule has 0 radical (unpaired) electrons. The molecule has 1 unspecified atom stereocenters. The van der Waals surface area contributed by atoms with Crippen molar-refractivity contribution in [2.24, 2.45) is 5.92 Å². The van der Waals surface area contributed by atoms with E-state index in [1.165, 1.54) is 6.07 Å². The number of aliphatic hydroxyl groups is 1. The highest BCUT2D eigenvalue weighted by Gasteiger charge is 2.40. The van der Waals surface area contributed by atoms with Crippen LogP contribution in [0, 0.1) is 21.8 Å². The molecule has 0 aromatic heterocycles. The number of nitro groups is 1. The lowest BCUT2D eigenvalue weighted by Gasteiger charge is -2.39. The van der Waals surface area contributed by atoms with Crippen molar-refractivity contribution in [2.45, 2.75) is 90.4 Å². The van der Waals surface area contributed by atoms with Crippen LogP contribution in [0.3, 0.4) is 0 Å². The molecule has 0 fully saturated rings. The molecule has 3 aromatic carbocycles. The van der Waals surface area contributed by atoms with Crippen molar-refractivity contribution in [1.29, 1.82) is 0 Å². The summed E-state index contributed by atoms with van der Waals surface area (Å²) in [4.78, 5) is 40.3. The molecule has 0 heterocycles. The van der Waals surface area contributed by atoms with E-state index in [-0.39, 0.29) is 35.6 Å². The number of hydrogen-bond donors (Lipinski definition) is 3. The molecule has 3 atom stereocenters. The Morgan fingerprint density at radius 2 is 1.51 bits per heavy atom. The van der Waals surface area contributed by atoms with Crippen LogP contribution < -0.4 is 10.6 Å². The number of halogens is 1. The monoisotopic (exact) mass is 694 g/mol. The maximum absolute atomic E-state index is 14.4. The summed E-state index contributed by atoms with van der Waals surface area (Å²) in [6.07, 6.45) is -1.01. The molecule has 49 heavy (non-hydrogen) atoms. The number of nitrogens with one attached hydrogen (secondary N) is 2. The summed E-state index contributed by atoms with van der Waals surface area (Å²) in [5.41, 5.74) is 1.36. The minimum absolute atomic E-state index is 0.0346. The number of amides is 2. The van der Waals surface area contributed by atoms with Gasteiger partial charge in [0, 0.05) is 25.7 Å². The number of nitro benzene ring substituents is 1. The highest BCUT2D eigenvalue weighted by molar-refractivity contribution is 6.74. The van der Waals surface area contributed by atoms with Gasteiger partial charge in [0.15, 0.2) is 8.32 Å². The average molecular weight is 695 g/mol. The SMILES string of the molecule is CC(C)C[C@H](NC(=O)[C@H](CO[Si](C)(C)C(C)(C)C)N(Cc1ccccc1)Cc1ccccc1)C(=O)NCC(O)c1ccc(F)c([N+](=O)[O-])c1. The smallest absolute Gasteiger partial charge is 0.305 e. The van der Waals surface area contributed by atoms with Crippen LogP contribution in [0.25, 0.3) is 0 Å². The Morgan fingerprint density at radius 1 is 0.959 bits per heavy atom. The second-order valence-electron chi connectivity index (χ2n) is 14.4. The van der Waals surface area contributed by atoms with Crippen LogP contribution in [0.5, 0.6) is 0 Å². The Bertz CT molecular complexity index is 1490. The average Bonchev–Trinajstić information content (AvgIpc) is 3.03. The zero-order valence-corrected chi connectivity index (χ0v) is 30.6. The van der Waals surface area contributed by atoms with Crippen molar-refractivity contribution < 1.29 is 28.4 Å². The third-order valence-electron chi connectivity index (χ3n) is 8.97. The Kier molecular flexibility index (Phi) is 14.2. The van der Waals surface area contributed by atoms with Gasteiger partial charge < -0.3 is 20.2 Å². The first kappa shape index (κ1) is 39.5. The molecule has 0 saturated carbocycles. The summed E-state index contributed by atoms with van der Waals surface area (Å²) in [5, 5.41) is 27.5. The van der Waals surface area contributed by atoms with E-state index in [4.69, 9.17) is 4.43 Å². The largest absolute Gasteiger partial charge is 0.415 e. The van der Waals surface area contributed by atoms with Crippen molar-refractivity contribution >= 4 is 25.8 Å². The minimum Gasteiger partial charge on any atom is -0.415 e. The summed E-state index contributed by atoms with van der Waals surface area (Å²) in [7, 11) is -2.28. The van der Waals surface area contributed by atoms with Crippen LogP contribution >= 0.6 is 0 Å². The lowest BCUT2D eigenvalue weighted by atomic mass is 10.0. The van der Waals surface area contributed by atoms with Crippen molar-refractivity contribution in [1.82, 2.24) is 15.5 Å². The van der Waals surface area contributed by atoms with E-state index in [2.05, 4.69) is 49.4 Å². The van der Waals surface area contributed by atoms with Gasteiger partial charge >= 0.3 is 5.69 Å². The second kappa shape index (κ2) is 17.6.